The standard InChI is InChI=1S/C25H44NO9PS2/c1-25(2,12-10-24(27)26-13-15-32-18-19-34-21-20-33-17-16-29-3)38-37-23-9-7-6-8-22(23)11-14-35-36(28,30-4)31-5/h6-9H,10-21H2,1-5H3,(H,26,27). The molecule has 1 N–H and O–H groups in total. The molecule has 1 aromatic rings. The van der Waals surface area contributed by atoms with Crippen molar-refractivity contribution in [2.24, 2.45) is 0 Å². The minimum atomic E-state index is -3.49. The molecule has 0 fully saturated rings. The quantitative estimate of drug-likeness (QED) is 0.101. The van der Waals surface area contributed by atoms with Crippen molar-refractivity contribution < 1.29 is 41.9 Å². The summed E-state index contributed by atoms with van der Waals surface area (Å²) in [5.74, 6) is 0.00926. The molecular formula is C25H44NO9PS2. The molecule has 0 saturated carbocycles. The number of benzene rings is 1. The van der Waals surface area contributed by atoms with Crippen LogP contribution in [0.3, 0.4) is 0 Å². The number of amides is 1. The predicted octanol–water partition coefficient (Wildman–Crippen LogP) is 4.76. The largest absolute Gasteiger partial charge is 0.474 e. The summed E-state index contributed by atoms with van der Waals surface area (Å²) < 4.78 is 48.0. The van der Waals surface area contributed by atoms with E-state index in [9.17, 15) is 9.36 Å². The van der Waals surface area contributed by atoms with Crippen LogP contribution >= 0.6 is 29.4 Å². The van der Waals surface area contributed by atoms with Crippen LogP contribution < -0.4 is 5.32 Å². The average molecular weight is 598 g/mol. The number of carbonyl (C=O) groups excluding carboxylic acids is 1. The van der Waals surface area contributed by atoms with E-state index < -0.39 is 7.82 Å². The molecule has 0 radical (unpaired) electrons. The van der Waals surface area contributed by atoms with Crippen molar-refractivity contribution >= 4 is 35.3 Å². The summed E-state index contributed by atoms with van der Waals surface area (Å²) >= 11 is 0. The summed E-state index contributed by atoms with van der Waals surface area (Å²) in [6.45, 7) is 8.52. The second-order valence-electron chi connectivity index (χ2n) is 8.61. The summed E-state index contributed by atoms with van der Waals surface area (Å²) in [6, 6.07) is 8.01. The van der Waals surface area contributed by atoms with E-state index in [2.05, 4.69) is 19.2 Å². The molecule has 0 saturated heterocycles. The molecule has 0 aliphatic carbocycles. The predicted molar refractivity (Wildman–Crippen MR) is 152 cm³/mol. The van der Waals surface area contributed by atoms with Crippen LogP contribution in [0, 0.1) is 0 Å². The Bertz CT molecular complexity index is 809. The highest BCUT2D eigenvalue weighted by Crippen LogP contribution is 2.48. The Morgan fingerprint density at radius 3 is 2.13 bits per heavy atom. The summed E-state index contributed by atoms with van der Waals surface area (Å²) in [7, 11) is 4.12. The van der Waals surface area contributed by atoms with Crippen LogP contribution in [-0.2, 0) is 48.3 Å². The summed E-state index contributed by atoms with van der Waals surface area (Å²) in [5.41, 5.74) is 1.08. The SMILES string of the molecule is COCCOCCOCCOCCNC(=O)CCC(C)(C)SSc1ccccc1CCOP(=O)(OC)OC. The fraction of sp³-hybridized carbons (Fsp3) is 0.720. The first-order valence-electron chi connectivity index (χ1n) is 12.5. The first-order valence-corrected chi connectivity index (χ1v) is 16.1. The third kappa shape index (κ3) is 17.1. The molecule has 0 spiro atoms. The van der Waals surface area contributed by atoms with E-state index in [1.807, 2.05) is 24.3 Å². The summed E-state index contributed by atoms with van der Waals surface area (Å²) in [4.78, 5) is 13.4. The fourth-order valence-corrected chi connectivity index (χ4v) is 6.16. The Morgan fingerprint density at radius 1 is 0.895 bits per heavy atom. The molecule has 1 amide bonds. The highest BCUT2D eigenvalue weighted by atomic mass is 33.1. The van der Waals surface area contributed by atoms with Crippen molar-refractivity contribution in [3.8, 4) is 0 Å². The first kappa shape index (κ1) is 35.4. The number of hydrogen-bond donors (Lipinski definition) is 1. The molecule has 1 rings (SSSR count). The molecule has 10 nitrogen and oxygen atoms in total. The molecule has 38 heavy (non-hydrogen) atoms. The van der Waals surface area contributed by atoms with E-state index in [1.54, 1.807) is 28.7 Å². The van der Waals surface area contributed by atoms with Crippen molar-refractivity contribution in [3.05, 3.63) is 29.8 Å². The van der Waals surface area contributed by atoms with Gasteiger partial charge in [0, 0.05) is 43.9 Å². The number of phosphoric acid groups is 1. The van der Waals surface area contributed by atoms with Crippen LogP contribution in [0.2, 0.25) is 0 Å². The highest BCUT2D eigenvalue weighted by Gasteiger charge is 2.23. The Kier molecular flexibility index (Phi) is 19.7. The Balaban J connectivity index is 2.21. The molecule has 0 aliphatic rings. The summed E-state index contributed by atoms with van der Waals surface area (Å²) in [6.07, 6.45) is 1.74. The maximum Gasteiger partial charge on any atom is 0.474 e. The zero-order valence-corrected chi connectivity index (χ0v) is 25.8. The van der Waals surface area contributed by atoms with Gasteiger partial charge in [-0.2, -0.15) is 0 Å². The van der Waals surface area contributed by atoms with Gasteiger partial charge in [0.15, 0.2) is 0 Å². The Labute approximate surface area is 235 Å². The van der Waals surface area contributed by atoms with Crippen molar-refractivity contribution in [2.75, 3.05) is 80.7 Å². The molecule has 0 unspecified atom stereocenters. The minimum Gasteiger partial charge on any atom is -0.382 e. The molecule has 13 heteroatoms. The second-order valence-corrected chi connectivity index (χ2v) is 13.4. The molecule has 1 aromatic carbocycles. The fourth-order valence-electron chi connectivity index (χ4n) is 2.89. The number of nitrogens with one attached hydrogen (secondary N) is 1. The van der Waals surface area contributed by atoms with Gasteiger partial charge in [-0.1, -0.05) is 39.8 Å². The summed E-state index contributed by atoms with van der Waals surface area (Å²) in [5, 5.41) is 2.90. The number of rotatable bonds is 24. The van der Waals surface area contributed by atoms with Crippen molar-refractivity contribution in [1.29, 1.82) is 0 Å². The lowest BCUT2D eigenvalue weighted by Gasteiger charge is -2.23. The van der Waals surface area contributed by atoms with E-state index in [1.165, 1.54) is 14.2 Å². The maximum absolute atomic E-state index is 12.3. The van der Waals surface area contributed by atoms with Crippen LogP contribution in [-0.4, -0.2) is 91.4 Å². The van der Waals surface area contributed by atoms with E-state index in [0.717, 1.165) is 16.9 Å². The van der Waals surface area contributed by atoms with E-state index in [-0.39, 0.29) is 17.3 Å². The van der Waals surface area contributed by atoms with Gasteiger partial charge >= 0.3 is 7.82 Å². The van der Waals surface area contributed by atoms with Crippen molar-refractivity contribution in [3.63, 3.8) is 0 Å². The van der Waals surface area contributed by atoms with Gasteiger partial charge in [0.05, 0.1) is 52.9 Å². The molecule has 0 heterocycles. The average Bonchev–Trinajstić information content (AvgIpc) is 2.92. The molecular weight excluding hydrogens is 553 g/mol. The molecule has 0 aliphatic heterocycles. The van der Waals surface area contributed by atoms with Gasteiger partial charge in [0.2, 0.25) is 5.91 Å². The van der Waals surface area contributed by atoms with Crippen LogP contribution in [0.5, 0.6) is 0 Å². The van der Waals surface area contributed by atoms with Crippen molar-refractivity contribution in [1.82, 2.24) is 5.32 Å². The minimum absolute atomic E-state index is 0.00926. The monoisotopic (exact) mass is 597 g/mol. The number of phosphoric ester groups is 1. The molecule has 0 atom stereocenters. The smallest absolute Gasteiger partial charge is 0.382 e. The van der Waals surface area contributed by atoms with Gasteiger partial charge in [-0.15, -0.1) is 0 Å². The Hall–Kier alpha value is -0.660. The van der Waals surface area contributed by atoms with E-state index >= 15 is 0 Å². The lowest BCUT2D eigenvalue weighted by molar-refractivity contribution is -0.121. The number of methoxy groups -OCH3 is 1. The third-order valence-corrected chi connectivity index (χ3v) is 9.95. The van der Waals surface area contributed by atoms with Crippen LogP contribution in [0.4, 0.5) is 0 Å². The topological polar surface area (TPSA) is 111 Å². The number of carbonyl (C=O) groups is 1. The zero-order valence-electron chi connectivity index (χ0n) is 23.2. The second kappa shape index (κ2) is 21.1. The number of ether oxygens (including phenoxy) is 4. The van der Waals surface area contributed by atoms with E-state index in [0.29, 0.717) is 65.6 Å². The number of hydrogen-bond acceptors (Lipinski definition) is 11. The molecule has 220 valence electrons. The van der Waals surface area contributed by atoms with Gasteiger partial charge in [-0.25, -0.2) is 4.57 Å². The van der Waals surface area contributed by atoms with Gasteiger partial charge in [0.25, 0.3) is 0 Å². The van der Waals surface area contributed by atoms with Gasteiger partial charge in [-0.3, -0.25) is 18.4 Å². The lowest BCUT2D eigenvalue weighted by atomic mass is 10.1. The normalized spacial score (nSPS) is 12.1. The molecule has 0 aromatic heterocycles. The van der Waals surface area contributed by atoms with Crippen LogP contribution in [0.15, 0.2) is 29.2 Å². The lowest BCUT2D eigenvalue weighted by Crippen LogP contribution is -2.29. The van der Waals surface area contributed by atoms with Gasteiger partial charge < -0.3 is 24.3 Å². The van der Waals surface area contributed by atoms with E-state index in [4.69, 9.17) is 32.5 Å². The van der Waals surface area contributed by atoms with Gasteiger partial charge in [0.1, 0.15) is 0 Å². The molecule has 0 bridgehead atoms. The maximum atomic E-state index is 12.3. The van der Waals surface area contributed by atoms with Crippen molar-refractivity contribution in [2.45, 2.75) is 42.8 Å². The van der Waals surface area contributed by atoms with Crippen LogP contribution in [0.1, 0.15) is 32.3 Å². The third-order valence-electron chi connectivity index (χ3n) is 5.10. The van der Waals surface area contributed by atoms with Gasteiger partial charge in [-0.05, 0) is 38.3 Å². The Morgan fingerprint density at radius 2 is 1.50 bits per heavy atom. The zero-order chi connectivity index (χ0) is 28.1. The van der Waals surface area contributed by atoms with Crippen LogP contribution in [0.25, 0.3) is 0 Å². The highest BCUT2D eigenvalue weighted by molar-refractivity contribution is 8.77. The first-order chi connectivity index (χ1) is 18.2.